The average molecular weight is 409 g/mol. The first-order chi connectivity index (χ1) is 12.3. The molecule has 1 unspecified atom stereocenters. The van der Waals surface area contributed by atoms with Crippen molar-refractivity contribution in [1.29, 1.82) is 0 Å². The summed E-state index contributed by atoms with van der Waals surface area (Å²) in [5, 5.41) is 0. The maximum Gasteiger partial charge on any atom is 0.416 e. The molecule has 2 saturated heterocycles. The standard InChI is InChI=1S/C17H23F3N2O2S2/c18-17(19,20)14-2-1-3-16(10-14)26(23,24)21-11-13-4-7-22(8-5-13)15-6-9-25-12-15/h1-3,10,13,15,21H,4-9,11-12H2. The number of nitrogens with zero attached hydrogens (tertiary/aromatic N) is 1. The summed E-state index contributed by atoms with van der Waals surface area (Å²) in [6.07, 6.45) is -1.52. The Morgan fingerprint density at radius 1 is 1.19 bits per heavy atom. The van der Waals surface area contributed by atoms with Crippen LogP contribution in [0.4, 0.5) is 13.2 Å². The monoisotopic (exact) mass is 408 g/mol. The first kappa shape index (κ1) is 20.0. The lowest BCUT2D eigenvalue weighted by Crippen LogP contribution is -2.43. The van der Waals surface area contributed by atoms with Gasteiger partial charge in [0.2, 0.25) is 10.0 Å². The molecule has 2 heterocycles. The SMILES string of the molecule is O=S(=O)(NCC1CCN(C2CCSC2)CC1)c1cccc(C(F)(F)F)c1. The minimum atomic E-state index is -4.56. The zero-order chi connectivity index (χ0) is 18.8. The molecule has 1 aromatic rings. The number of sulfonamides is 1. The number of thioether (sulfide) groups is 1. The van der Waals surface area contributed by atoms with Crippen molar-refractivity contribution in [3.05, 3.63) is 29.8 Å². The van der Waals surface area contributed by atoms with E-state index in [0.29, 0.717) is 12.1 Å². The molecule has 1 atom stereocenters. The maximum atomic E-state index is 12.8. The van der Waals surface area contributed by atoms with E-state index in [9.17, 15) is 21.6 Å². The molecule has 9 heteroatoms. The van der Waals surface area contributed by atoms with Crippen LogP contribution in [-0.2, 0) is 16.2 Å². The summed E-state index contributed by atoms with van der Waals surface area (Å²) < 4.78 is 65.5. The zero-order valence-electron chi connectivity index (χ0n) is 14.3. The highest BCUT2D eigenvalue weighted by molar-refractivity contribution is 7.99. The van der Waals surface area contributed by atoms with Gasteiger partial charge in [-0.05, 0) is 62.2 Å². The lowest BCUT2D eigenvalue weighted by Gasteiger charge is -2.35. The molecule has 2 aliphatic heterocycles. The highest BCUT2D eigenvalue weighted by Gasteiger charge is 2.32. The molecule has 0 radical (unpaired) electrons. The van der Waals surface area contributed by atoms with Crippen molar-refractivity contribution >= 4 is 21.8 Å². The topological polar surface area (TPSA) is 49.4 Å². The second kappa shape index (κ2) is 8.08. The van der Waals surface area contributed by atoms with Gasteiger partial charge in [0.1, 0.15) is 0 Å². The van der Waals surface area contributed by atoms with Crippen molar-refractivity contribution in [2.75, 3.05) is 31.1 Å². The van der Waals surface area contributed by atoms with Crippen LogP contribution in [0.25, 0.3) is 0 Å². The van der Waals surface area contributed by atoms with Crippen LogP contribution in [0.3, 0.4) is 0 Å². The van der Waals surface area contributed by atoms with Gasteiger partial charge < -0.3 is 0 Å². The van der Waals surface area contributed by atoms with Crippen molar-refractivity contribution < 1.29 is 21.6 Å². The van der Waals surface area contributed by atoms with E-state index in [4.69, 9.17) is 0 Å². The molecule has 4 nitrogen and oxygen atoms in total. The van der Waals surface area contributed by atoms with Crippen molar-refractivity contribution in [1.82, 2.24) is 9.62 Å². The third-order valence-corrected chi connectivity index (χ3v) is 7.67. The molecule has 2 aliphatic rings. The Labute approximate surface area is 156 Å². The van der Waals surface area contributed by atoms with Crippen LogP contribution in [0.2, 0.25) is 0 Å². The van der Waals surface area contributed by atoms with Gasteiger partial charge in [-0.25, -0.2) is 13.1 Å². The fourth-order valence-corrected chi connectivity index (χ4v) is 5.90. The van der Waals surface area contributed by atoms with Crippen molar-refractivity contribution in [2.45, 2.75) is 36.4 Å². The maximum absolute atomic E-state index is 12.8. The van der Waals surface area contributed by atoms with E-state index in [1.165, 1.54) is 24.0 Å². The second-order valence-electron chi connectivity index (χ2n) is 6.87. The summed E-state index contributed by atoms with van der Waals surface area (Å²) in [4.78, 5) is 2.14. The number of hydrogen-bond acceptors (Lipinski definition) is 4. The molecule has 26 heavy (non-hydrogen) atoms. The van der Waals surface area contributed by atoms with Gasteiger partial charge >= 0.3 is 6.18 Å². The van der Waals surface area contributed by atoms with Crippen LogP contribution in [0, 0.1) is 5.92 Å². The molecule has 1 aromatic carbocycles. The summed E-state index contributed by atoms with van der Waals surface area (Å²) in [5.74, 6) is 2.61. The molecule has 3 rings (SSSR count). The molecule has 0 bridgehead atoms. The van der Waals surface area contributed by atoms with Crippen molar-refractivity contribution in [3.63, 3.8) is 0 Å². The Morgan fingerprint density at radius 2 is 1.92 bits per heavy atom. The number of benzene rings is 1. The van der Waals surface area contributed by atoms with Gasteiger partial charge in [-0.1, -0.05) is 6.07 Å². The van der Waals surface area contributed by atoms with Gasteiger partial charge in [0.25, 0.3) is 0 Å². The fourth-order valence-electron chi connectivity index (χ4n) is 3.48. The number of piperidine rings is 1. The van der Waals surface area contributed by atoms with E-state index < -0.39 is 21.8 Å². The second-order valence-corrected chi connectivity index (χ2v) is 9.79. The van der Waals surface area contributed by atoms with Crippen LogP contribution in [0.15, 0.2) is 29.2 Å². The summed E-state index contributed by atoms with van der Waals surface area (Å²) >= 11 is 1.98. The number of alkyl halides is 3. The molecule has 2 fully saturated rings. The van der Waals surface area contributed by atoms with Crippen LogP contribution < -0.4 is 4.72 Å². The lowest BCUT2D eigenvalue weighted by molar-refractivity contribution is -0.137. The molecule has 0 spiro atoms. The van der Waals surface area contributed by atoms with Gasteiger partial charge in [-0.15, -0.1) is 0 Å². The smallest absolute Gasteiger partial charge is 0.300 e. The third kappa shape index (κ3) is 4.94. The predicted octanol–water partition coefficient (Wildman–Crippen LogP) is 3.20. The molecule has 1 N–H and O–H groups in total. The van der Waals surface area contributed by atoms with Crippen LogP contribution in [0.1, 0.15) is 24.8 Å². The first-order valence-electron chi connectivity index (χ1n) is 8.74. The van der Waals surface area contributed by atoms with E-state index in [2.05, 4.69) is 9.62 Å². The lowest BCUT2D eigenvalue weighted by atomic mass is 9.96. The molecular formula is C17H23F3N2O2S2. The van der Waals surface area contributed by atoms with Gasteiger partial charge in [-0.3, -0.25) is 4.90 Å². The van der Waals surface area contributed by atoms with Gasteiger partial charge in [0.15, 0.2) is 0 Å². The van der Waals surface area contributed by atoms with Gasteiger partial charge in [0.05, 0.1) is 10.5 Å². The van der Waals surface area contributed by atoms with E-state index in [-0.39, 0.29) is 17.4 Å². The Morgan fingerprint density at radius 3 is 2.54 bits per heavy atom. The zero-order valence-corrected chi connectivity index (χ0v) is 16.0. The summed E-state index contributed by atoms with van der Waals surface area (Å²) in [6.45, 7) is 2.19. The van der Waals surface area contributed by atoms with E-state index in [1.54, 1.807) is 0 Å². The summed E-state index contributed by atoms with van der Waals surface area (Å²) in [6, 6.07) is 4.51. The third-order valence-electron chi connectivity index (χ3n) is 5.10. The number of rotatable bonds is 5. The normalized spacial score (nSPS) is 23.4. The number of nitrogens with one attached hydrogen (secondary N) is 1. The Hall–Kier alpha value is -0.770. The van der Waals surface area contributed by atoms with Crippen LogP contribution in [-0.4, -0.2) is 50.5 Å². The van der Waals surface area contributed by atoms with Crippen LogP contribution in [0.5, 0.6) is 0 Å². The minimum Gasteiger partial charge on any atom is -0.300 e. The molecular weight excluding hydrogens is 385 g/mol. The number of likely N-dealkylation sites (tertiary alicyclic amines) is 1. The fraction of sp³-hybridized carbons (Fsp3) is 0.647. The quantitative estimate of drug-likeness (QED) is 0.813. The molecule has 0 aliphatic carbocycles. The Bertz CT molecular complexity index is 711. The Kier molecular flexibility index (Phi) is 6.21. The largest absolute Gasteiger partial charge is 0.416 e. The van der Waals surface area contributed by atoms with E-state index in [0.717, 1.165) is 38.1 Å². The van der Waals surface area contributed by atoms with E-state index in [1.807, 2.05) is 11.8 Å². The molecule has 0 aromatic heterocycles. The Balaban J connectivity index is 1.54. The number of halogens is 3. The van der Waals surface area contributed by atoms with Crippen molar-refractivity contribution in [2.24, 2.45) is 5.92 Å². The molecule has 146 valence electrons. The molecule has 0 saturated carbocycles. The highest BCUT2D eigenvalue weighted by atomic mass is 32.2. The van der Waals surface area contributed by atoms with Crippen molar-refractivity contribution in [3.8, 4) is 0 Å². The van der Waals surface area contributed by atoms with Crippen LogP contribution >= 0.6 is 11.8 Å². The van der Waals surface area contributed by atoms with E-state index >= 15 is 0 Å². The predicted molar refractivity (Wildman–Crippen MR) is 96.7 cm³/mol. The van der Waals surface area contributed by atoms with Gasteiger partial charge in [0, 0.05) is 18.3 Å². The van der Waals surface area contributed by atoms with Gasteiger partial charge in [-0.2, -0.15) is 24.9 Å². The molecule has 0 amide bonds. The first-order valence-corrected chi connectivity index (χ1v) is 11.4. The summed E-state index contributed by atoms with van der Waals surface area (Å²) in [5.41, 5.74) is -0.955. The average Bonchev–Trinajstić information content (AvgIpc) is 3.15. The minimum absolute atomic E-state index is 0.223. The highest BCUT2D eigenvalue weighted by Crippen LogP contribution is 2.31. The number of hydrogen-bond donors (Lipinski definition) is 1. The summed E-state index contributed by atoms with van der Waals surface area (Å²) in [7, 11) is -3.94.